The van der Waals surface area contributed by atoms with Crippen LogP contribution in [0.2, 0.25) is 0 Å². The zero-order chi connectivity index (χ0) is 18.1. The average molecular weight is 367 g/mol. The maximum atomic E-state index is 13.0. The Labute approximate surface area is 153 Å². The van der Waals surface area contributed by atoms with E-state index in [1.165, 1.54) is 11.3 Å². The molecule has 0 saturated carbocycles. The third-order valence-electron chi connectivity index (χ3n) is 4.11. The van der Waals surface area contributed by atoms with Crippen LogP contribution in [-0.4, -0.2) is 40.0 Å². The van der Waals surface area contributed by atoms with Crippen LogP contribution in [0.5, 0.6) is 0 Å². The number of nitrogens with zero attached hydrogens (tertiary/aromatic N) is 4. The van der Waals surface area contributed by atoms with Crippen LogP contribution in [0.3, 0.4) is 0 Å². The Morgan fingerprint density at radius 2 is 2.08 bits per heavy atom. The van der Waals surface area contributed by atoms with Crippen LogP contribution < -0.4 is 10.9 Å². The lowest BCUT2D eigenvalue weighted by molar-refractivity contribution is 0.210. The van der Waals surface area contributed by atoms with Gasteiger partial charge < -0.3 is 10.1 Å². The molecule has 3 aromatic heterocycles. The van der Waals surface area contributed by atoms with E-state index in [9.17, 15) is 4.79 Å². The van der Waals surface area contributed by atoms with Crippen molar-refractivity contribution in [2.75, 3.05) is 25.6 Å². The fourth-order valence-corrected chi connectivity index (χ4v) is 3.83. The number of methoxy groups -OCH3 is 1. The molecule has 8 heteroatoms. The van der Waals surface area contributed by atoms with Gasteiger partial charge >= 0.3 is 0 Å². The quantitative estimate of drug-likeness (QED) is 0.546. The lowest BCUT2D eigenvalue weighted by Crippen LogP contribution is -2.17. The average Bonchev–Trinajstić information content (AvgIpc) is 3.04. The molecule has 4 rings (SSSR count). The first-order valence-electron chi connectivity index (χ1n) is 8.14. The van der Waals surface area contributed by atoms with Gasteiger partial charge in [0.05, 0.1) is 28.6 Å². The summed E-state index contributed by atoms with van der Waals surface area (Å²) < 4.78 is 8.09. The van der Waals surface area contributed by atoms with E-state index in [0.717, 1.165) is 21.3 Å². The van der Waals surface area contributed by atoms with Gasteiger partial charge in [0.2, 0.25) is 0 Å². The number of ether oxygens (including phenoxy) is 1. The first-order valence-corrected chi connectivity index (χ1v) is 8.96. The molecule has 1 aromatic carbocycles. The van der Waals surface area contributed by atoms with Crippen molar-refractivity contribution in [3.05, 3.63) is 52.7 Å². The molecule has 0 amide bonds. The summed E-state index contributed by atoms with van der Waals surface area (Å²) in [6.07, 6.45) is 3.24. The van der Waals surface area contributed by atoms with E-state index in [0.29, 0.717) is 29.2 Å². The topological polar surface area (TPSA) is 81.9 Å². The molecule has 0 fully saturated rings. The lowest BCUT2D eigenvalue weighted by Gasteiger charge is -2.06. The summed E-state index contributed by atoms with van der Waals surface area (Å²) in [5.74, 6) is 0.616. The molecule has 0 aliphatic carbocycles. The molecule has 1 N–H and O–H groups in total. The van der Waals surface area contributed by atoms with E-state index in [1.807, 2.05) is 31.2 Å². The minimum absolute atomic E-state index is 0.0945. The fraction of sp³-hybridized carbons (Fsp3) is 0.222. The summed E-state index contributed by atoms with van der Waals surface area (Å²) >= 11 is 1.38. The molecule has 0 bridgehead atoms. The van der Waals surface area contributed by atoms with Crippen molar-refractivity contribution in [1.29, 1.82) is 0 Å². The normalized spacial score (nSPS) is 11.3. The second kappa shape index (κ2) is 6.81. The van der Waals surface area contributed by atoms with Crippen LogP contribution in [0.4, 0.5) is 5.82 Å². The number of rotatable bonds is 5. The Morgan fingerprint density at radius 1 is 1.27 bits per heavy atom. The third-order valence-corrected chi connectivity index (χ3v) is 5.21. The predicted octanol–water partition coefficient (Wildman–Crippen LogP) is 2.76. The zero-order valence-electron chi connectivity index (χ0n) is 14.4. The minimum atomic E-state index is -0.0945. The van der Waals surface area contributed by atoms with Crippen LogP contribution in [0, 0.1) is 6.92 Å². The van der Waals surface area contributed by atoms with Crippen LogP contribution in [0.25, 0.3) is 26.0 Å². The van der Waals surface area contributed by atoms with Gasteiger partial charge in [-0.15, -0.1) is 16.4 Å². The summed E-state index contributed by atoms with van der Waals surface area (Å²) in [5.41, 5.74) is 2.49. The Kier molecular flexibility index (Phi) is 4.36. The molecule has 0 spiro atoms. The first-order chi connectivity index (χ1) is 12.7. The van der Waals surface area contributed by atoms with Crippen molar-refractivity contribution in [3.8, 4) is 5.69 Å². The molecule has 4 aromatic rings. The number of aromatic nitrogens is 4. The largest absolute Gasteiger partial charge is 0.383 e. The molecular formula is C18H17N5O2S. The molecule has 0 aliphatic heterocycles. The van der Waals surface area contributed by atoms with E-state index in [-0.39, 0.29) is 5.56 Å². The Morgan fingerprint density at radius 3 is 2.85 bits per heavy atom. The molecule has 0 atom stereocenters. The lowest BCUT2D eigenvalue weighted by atomic mass is 10.2. The number of hydrogen-bond donors (Lipinski definition) is 1. The van der Waals surface area contributed by atoms with Gasteiger partial charge in [0, 0.05) is 13.7 Å². The van der Waals surface area contributed by atoms with Crippen molar-refractivity contribution in [1.82, 2.24) is 19.7 Å². The van der Waals surface area contributed by atoms with Crippen LogP contribution in [0.1, 0.15) is 5.56 Å². The molecule has 0 radical (unpaired) electrons. The Bertz CT molecular complexity index is 1130. The number of fused-ring (bicyclic) bond motifs is 3. The van der Waals surface area contributed by atoms with Crippen LogP contribution >= 0.6 is 11.3 Å². The van der Waals surface area contributed by atoms with Crippen LogP contribution in [-0.2, 0) is 4.74 Å². The molecule has 0 aliphatic rings. The highest BCUT2D eigenvalue weighted by Crippen LogP contribution is 2.33. The van der Waals surface area contributed by atoms with E-state index in [1.54, 1.807) is 24.2 Å². The van der Waals surface area contributed by atoms with E-state index >= 15 is 0 Å². The molecule has 26 heavy (non-hydrogen) atoms. The first kappa shape index (κ1) is 16.6. The molecule has 7 nitrogen and oxygen atoms in total. The Hall–Kier alpha value is -2.84. The zero-order valence-corrected chi connectivity index (χ0v) is 15.2. The van der Waals surface area contributed by atoms with Crippen molar-refractivity contribution in [3.63, 3.8) is 0 Å². The predicted molar refractivity (Wildman–Crippen MR) is 103 cm³/mol. The number of thiophene rings is 1. The van der Waals surface area contributed by atoms with Gasteiger partial charge in [-0.2, -0.15) is 5.10 Å². The van der Waals surface area contributed by atoms with Gasteiger partial charge in [0.25, 0.3) is 5.56 Å². The van der Waals surface area contributed by atoms with E-state index in [4.69, 9.17) is 4.74 Å². The van der Waals surface area contributed by atoms with Gasteiger partial charge in [-0.3, -0.25) is 9.36 Å². The third kappa shape index (κ3) is 2.83. The van der Waals surface area contributed by atoms with Gasteiger partial charge in [-0.25, -0.2) is 4.98 Å². The monoisotopic (exact) mass is 367 g/mol. The fourth-order valence-electron chi connectivity index (χ4n) is 2.78. The van der Waals surface area contributed by atoms with Crippen LogP contribution in [0.15, 0.2) is 41.6 Å². The SMILES string of the molecule is COCCNc1nncc2sc3c(=O)n(-c4ccc(C)cc4)cnc3c12. The maximum Gasteiger partial charge on any atom is 0.275 e. The summed E-state index contributed by atoms with van der Waals surface area (Å²) in [4.78, 5) is 17.6. The highest BCUT2D eigenvalue weighted by atomic mass is 32.1. The second-order valence-corrected chi connectivity index (χ2v) is 6.94. The van der Waals surface area contributed by atoms with Gasteiger partial charge in [-0.05, 0) is 19.1 Å². The van der Waals surface area contributed by atoms with Crippen molar-refractivity contribution >= 4 is 37.5 Å². The van der Waals surface area contributed by atoms with E-state index in [2.05, 4.69) is 20.5 Å². The number of benzene rings is 1. The van der Waals surface area contributed by atoms with Crippen molar-refractivity contribution in [2.24, 2.45) is 0 Å². The number of anilines is 1. The number of nitrogens with one attached hydrogen (secondary N) is 1. The maximum absolute atomic E-state index is 13.0. The summed E-state index contributed by atoms with van der Waals surface area (Å²) in [6, 6.07) is 7.78. The van der Waals surface area contributed by atoms with Gasteiger partial charge in [0.15, 0.2) is 5.82 Å². The molecule has 132 valence electrons. The summed E-state index contributed by atoms with van der Waals surface area (Å²) in [5, 5.41) is 12.2. The number of hydrogen-bond acceptors (Lipinski definition) is 7. The molecular weight excluding hydrogens is 350 g/mol. The number of aryl methyl sites for hydroxylation is 1. The van der Waals surface area contributed by atoms with Gasteiger partial charge in [-0.1, -0.05) is 17.7 Å². The Balaban J connectivity index is 1.88. The second-order valence-electron chi connectivity index (χ2n) is 5.89. The summed E-state index contributed by atoms with van der Waals surface area (Å²) in [7, 11) is 1.64. The van der Waals surface area contributed by atoms with Crippen molar-refractivity contribution < 1.29 is 4.74 Å². The highest BCUT2D eigenvalue weighted by Gasteiger charge is 2.16. The molecule has 0 unspecified atom stereocenters. The van der Waals surface area contributed by atoms with Gasteiger partial charge in [0.1, 0.15) is 16.5 Å². The molecule has 0 saturated heterocycles. The minimum Gasteiger partial charge on any atom is -0.383 e. The highest BCUT2D eigenvalue weighted by molar-refractivity contribution is 7.25. The smallest absolute Gasteiger partial charge is 0.275 e. The summed E-state index contributed by atoms with van der Waals surface area (Å²) in [6.45, 7) is 3.16. The standard InChI is InChI=1S/C18H17N5O2S/c1-11-3-5-12(6-4-11)23-10-20-15-14-13(26-16(15)18(23)24)9-21-22-17(14)19-7-8-25-2/h3-6,9-10H,7-8H2,1-2H3,(H,19,22). The van der Waals surface area contributed by atoms with Crippen molar-refractivity contribution in [2.45, 2.75) is 6.92 Å². The molecule has 3 heterocycles. The van der Waals surface area contributed by atoms with E-state index < -0.39 is 0 Å².